The van der Waals surface area contributed by atoms with Crippen LogP contribution in [0.25, 0.3) is 11.1 Å². The van der Waals surface area contributed by atoms with Crippen molar-refractivity contribution < 1.29 is 19.1 Å². The summed E-state index contributed by atoms with van der Waals surface area (Å²) in [5.41, 5.74) is 1.75. The molecule has 1 unspecified atom stereocenters. The Balaban J connectivity index is 1.79. The molecular formula is C17H14N2O5. The summed E-state index contributed by atoms with van der Waals surface area (Å²) in [6.45, 7) is 0. The van der Waals surface area contributed by atoms with Crippen LogP contribution in [0.2, 0.25) is 0 Å². The molecule has 1 amide bonds. The highest BCUT2D eigenvalue weighted by Crippen LogP contribution is 2.13. The quantitative estimate of drug-likeness (QED) is 0.658. The number of hydrogen-bond donors (Lipinski definition) is 3. The molecule has 1 aromatic heterocycles. The summed E-state index contributed by atoms with van der Waals surface area (Å²) < 4.78 is 4.86. The SMILES string of the molecule is O=C(NC(Cc1ccccc1)C(=O)O)c1ccc2oc(=O)[nH]c2c1. The first-order chi connectivity index (χ1) is 11.5. The lowest BCUT2D eigenvalue weighted by atomic mass is 10.1. The highest BCUT2D eigenvalue weighted by atomic mass is 16.4. The van der Waals surface area contributed by atoms with Crippen LogP contribution in [-0.4, -0.2) is 28.0 Å². The number of aromatic nitrogens is 1. The van der Waals surface area contributed by atoms with Gasteiger partial charge in [0.05, 0.1) is 5.52 Å². The van der Waals surface area contributed by atoms with Gasteiger partial charge in [0, 0.05) is 12.0 Å². The van der Waals surface area contributed by atoms with E-state index in [1.165, 1.54) is 18.2 Å². The molecule has 0 bridgehead atoms. The maximum Gasteiger partial charge on any atom is 0.417 e. The van der Waals surface area contributed by atoms with Crippen LogP contribution in [0, 0.1) is 0 Å². The molecule has 1 atom stereocenters. The largest absolute Gasteiger partial charge is 0.480 e. The molecule has 0 aliphatic rings. The van der Waals surface area contributed by atoms with Crippen LogP contribution in [0.4, 0.5) is 0 Å². The van der Waals surface area contributed by atoms with Gasteiger partial charge in [-0.25, -0.2) is 9.59 Å². The van der Waals surface area contributed by atoms with Crippen molar-refractivity contribution in [2.24, 2.45) is 0 Å². The average Bonchev–Trinajstić information content (AvgIpc) is 2.94. The minimum Gasteiger partial charge on any atom is -0.480 e. The Labute approximate surface area is 135 Å². The van der Waals surface area contributed by atoms with Crippen LogP contribution in [0.3, 0.4) is 0 Å². The smallest absolute Gasteiger partial charge is 0.417 e. The van der Waals surface area contributed by atoms with Crippen molar-refractivity contribution in [3.8, 4) is 0 Å². The Kier molecular flexibility index (Phi) is 4.15. The number of amides is 1. The molecule has 2 aromatic carbocycles. The van der Waals surface area contributed by atoms with Crippen LogP contribution in [0.5, 0.6) is 0 Å². The lowest BCUT2D eigenvalue weighted by molar-refractivity contribution is -0.139. The van der Waals surface area contributed by atoms with Crippen molar-refractivity contribution in [3.05, 3.63) is 70.2 Å². The second kappa shape index (κ2) is 6.41. The predicted molar refractivity (Wildman–Crippen MR) is 85.9 cm³/mol. The third-order valence-corrected chi connectivity index (χ3v) is 3.57. The number of carbonyl (C=O) groups is 2. The number of aromatic amines is 1. The van der Waals surface area contributed by atoms with Gasteiger partial charge in [0.1, 0.15) is 6.04 Å². The van der Waals surface area contributed by atoms with Crippen LogP contribution < -0.4 is 11.1 Å². The fraction of sp³-hybridized carbons (Fsp3) is 0.118. The molecule has 0 radical (unpaired) electrons. The first kappa shape index (κ1) is 15.5. The van der Waals surface area contributed by atoms with Gasteiger partial charge in [-0.1, -0.05) is 30.3 Å². The summed E-state index contributed by atoms with van der Waals surface area (Å²) >= 11 is 0. The second-order valence-corrected chi connectivity index (χ2v) is 5.28. The van der Waals surface area contributed by atoms with Crippen molar-refractivity contribution in [1.29, 1.82) is 0 Å². The minimum atomic E-state index is -1.12. The van der Waals surface area contributed by atoms with Crippen molar-refractivity contribution >= 4 is 23.0 Å². The van der Waals surface area contributed by atoms with E-state index in [1.54, 1.807) is 24.3 Å². The minimum absolute atomic E-state index is 0.173. The lowest BCUT2D eigenvalue weighted by Gasteiger charge is -2.14. The zero-order chi connectivity index (χ0) is 17.1. The first-order valence-corrected chi connectivity index (χ1v) is 7.23. The first-order valence-electron chi connectivity index (χ1n) is 7.23. The number of hydrogen-bond acceptors (Lipinski definition) is 4. The number of fused-ring (bicyclic) bond motifs is 1. The standard InChI is InChI=1S/C17H14N2O5/c20-15(11-6-7-14-12(9-11)19-17(23)24-14)18-13(16(21)22)8-10-4-2-1-3-5-10/h1-7,9,13H,8H2,(H,18,20)(H,19,23)(H,21,22). The second-order valence-electron chi connectivity index (χ2n) is 5.28. The summed E-state index contributed by atoms with van der Waals surface area (Å²) in [6.07, 6.45) is 0.173. The average molecular weight is 326 g/mol. The van der Waals surface area contributed by atoms with Crippen molar-refractivity contribution in [2.45, 2.75) is 12.5 Å². The third-order valence-electron chi connectivity index (χ3n) is 3.57. The van der Waals surface area contributed by atoms with Gasteiger partial charge in [-0.3, -0.25) is 9.78 Å². The zero-order valence-electron chi connectivity index (χ0n) is 12.5. The maximum atomic E-state index is 12.3. The number of aliphatic carboxylic acids is 1. The van der Waals surface area contributed by atoms with E-state index in [4.69, 9.17) is 4.42 Å². The van der Waals surface area contributed by atoms with Crippen LogP contribution in [-0.2, 0) is 11.2 Å². The molecule has 3 aromatic rings. The zero-order valence-corrected chi connectivity index (χ0v) is 12.5. The van der Waals surface area contributed by atoms with E-state index in [0.717, 1.165) is 5.56 Å². The lowest BCUT2D eigenvalue weighted by Crippen LogP contribution is -2.42. The van der Waals surface area contributed by atoms with Gasteiger partial charge in [-0.05, 0) is 23.8 Å². The molecule has 0 aliphatic carbocycles. The van der Waals surface area contributed by atoms with E-state index in [2.05, 4.69) is 10.3 Å². The number of carboxylic acids is 1. The Hall–Kier alpha value is -3.35. The van der Waals surface area contributed by atoms with E-state index >= 15 is 0 Å². The summed E-state index contributed by atoms with van der Waals surface area (Å²) in [7, 11) is 0. The van der Waals surface area contributed by atoms with Gasteiger partial charge in [0.2, 0.25) is 0 Å². The van der Waals surface area contributed by atoms with Crippen molar-refractivity contribution in [1.82, 2.24) is 10.3 Å². The summed E-state index contributed by atoms with van der Waals surface area (Å²) in [6, 6.07) is 12.4. The van der Waals surface area contributed by atoms with Crippen molar-refractivity contribution in [2.75, 3.05) is 0 Å². The Morgan fingerprint density at radius 3 is 2.62 bits per heavy atom. The Morgan fingerprint density at radius 1 is 1.17 bits per heavy atom. The molecule has 1 heterocycles. The van der Waals surface area contributed by atoms with E-state index in [9.17, 15) is 19.5 Å². The van der Waals surface area contributed by atoms with Gasteiger partial charge in [0.15, 0.2) is 5.58 Å². The van der Waals surface area contributed by atoms with Crippen LogP contribution in [0.15, 0.2) is 57.7 Å². The fourth-order valence-corrected chi connectivity index (χ4v) is 2.38. The van der Waals surface area contributed by atoms with E-state index in [1.807, 2.05) is 6.07 Å². The number of rotatable bonds is 5. The number of carbonyl (C=O) groups excluding carboxylic acids is 1. The molecule has 0 aliphatic heterocycles. The number of oxazole rings is 1. The Bertz CT molecular complexity index is 942. The van der Waals surface area contributed by atoms with Gasteiger partial charge in [-0.15, -0.1) is 0 Å². The van der Waals surface area contributed by atoms with Crippen LogP contribution in [0.1, 0.15) is 15.9 Å². The van der Waals surface area contributed by atoms with E-state index < -0.39 is 23.7 Å². The molecule has 0 saturated carbocycles. The molecule has 3 N–H and O–H groups in total. The van der Waals surface area contributed by atoms with E-state index in [0.29, 0.717) is 11.1 Å². The molecule has 0 spiro atoms. The number of benzene rings is 2. The number of carboxylic acid groups (broad SMARTS) is 1. The molecule has 24 heavy (non-hydrogen) atoms. The maximum absolute atomic E-state index is 12.3. The normalized spacial score (nSPS) is 12.0. The molecular weight excluding hydrogens is 312 g/mol. The third kappa shape index (κ3) is 3.35. The number of nitrogens with one attached hydrogen (secondary N) is 2. The molecule has 3 rings (SSSR count). The van der Waals surface area contributed by atoms with Gasteiger partial charge >= 0.3 is 11.7 Å². The Morgan fingerprint density at radius 2 is 1.92 bits per heavy atom. The topological polar surface area (TPSA) is 112 Å². The monoisotopic (exact) mass is 326 g/mol. The highest BCUT2D eigenvalue weighted by Gasteiger charge is 2.21. The summed E-state index contributed by atoms with van der Waals surface area (Å²) in [5, 5.41) is 11.8. The summed E-state index contributed by atoms with van der Waals surface area (Å²) in [4.78, 5) is 37.3. The van der Waals surface area contributed by atoms with Gasteiger partial charge in [0.25, 0.3) is 5.91 Å². The molecule has 0 saturated heterocycles. The van der Waals surface area contributed by atoms with Gasteiger partial charge < -0.3 is 14.8 Å². The highest BCUT2D eigenvalue weighted by molar-refractivity contribution is 5.98. The van der Waals surface area contributed by atoms with Crippen molar-refractivity contribution in [3.63, 3.8) is 0 Å². The molecule has 122 valence electrons. The summed E-state index contributed by atoms with van der Waals surface area (Å²) in [5.74, 6) is -2.28. The molecule has 7 heteroatoms. The molecule has 7 nitrogen and oxygen atoms in total. The fourth-order valence-electron chi connectivity index (χ4n) is 2.38. The van der Waals surface area contributed by atoms with Gasteiger partial charge in [-0.2, -0.15) is 0 Å². The number of H-pyrrole nitrogens is 1. The van der Waals surface area contributed by atoms with Crippen LogP contribution >= 0.6 is 0 Å². The predicted octanol–water partition coefficient (Wildman–Crippen LogP) is 1.55. The van der Waals surface area contributed by atoms with E-state index in [-0.39, 0.29) is 12.0 Å². The molecule has 0 fully saturated rings.